The predicted molar refractivity (Wildman–Crippen MR) is 99.5 cm³/mol. The molecule has 0 saturated carbocycles. The van der Waals surface area contributed by atoms with Gasteiger partial charge in [-0.25, -0.2) is 19.2 Å². The second kappa shape index (κ2) is 7.25. The van der Waals surface area contributed by atoms with Crippen LogP contribution in [-0.4, -0.2) is 22.0 Å². The Balaban J connectivity index is 2.14. The molecule has 0 amide bonds. The van der Waals surface area contributed by atoms with Gasteiger partial charge in [-0.1, -0.05) is 11.6 Å². The molecule has 134 valence electrons. The topological polar surface area (TPSA) is 64.1 Å². The monoisotopic (exact) mass is 373 g/mol. The van der Waals surface area contributed by atoms with E-state index in [4.69, 9.17) is 16.3 Å². The van der Waals surface area contributed by atoms with E-state index in [9.17, 15) is 9.18 Å². The zero-order chi connectivity index (χ0) is 18.8. The Kier molecular flexibility index (Phi) is 5.04. The predicted octanol–water partition coefficient (Wildman–Crippen LogP) is 5.04. The highest BCUT2D eigenvalue weighted by Crippen LogP contribution is 2.30. The summed E-state index contributed by atoms with van der Waals surface area (Å²) in [6, 6.07) is 7.95. The Labute approximate surface area is 155 Å². The molecule has 0 radical (unpaired) electrons. The molecule has 7 heteroatoms. The van der Waals surface area contributed by atoms with Crippen LogP contribution in [0.15, 0.2) is 36.5 Å². The lowest BCUT2D eigenvalue weighted by Gasteiger charge is -2.15. The maximum absolute atomic E-state index is 13.8. The molecule has 2 heterocycles. The minimum Gasteiger partial charge on any atom is -0.459 e. The molecule has 0 aliphatic heterocycles. The highest BCUT2D eigenvalue weighted by Gasteiger charge is 2.19. The van der Waals surface area contributed by atoms with Crippen molar-refractivity contribution in [3.63, 3.8) is 0 Å². The molecule has 0 unspecified atom stereocenters. The Morgan fingerprint density at radius 3 is 2.73 bits per heavy atom. The number of anilines is 2. The first-order chi connectivity index (χ1) is 12.3. The van der Waals surface area contributed by atoms with Crippen molar-refractivity contribution in [2.24, 2.45) is 0 Å². The van der Waals surface area contributed by atoms with Gasteiger partial charge in [0.15, 0.2) is 5.65 Å². The molecule has 26 heavy (non-hydrogen) atoms. The fourth-order valence-electron chi connectivity index (χ4n) is 2.46. The van der Waals surface area contributed by atoms with Crippen molar-refractivity contribution in [1.82, 2.24) is 9.97 Å². The molecule has 1 N–H and O–H groups in total. The number of benzene rings is 1. The van der Waals surface area contributed by atoms with Crippen LogP contribution in [-0.2, 0) is 4.74 Å². The maximum atomic E-state index is 13.8. The van der Waals surface area contributed by atoms with Crippen LogP contribution in [0.25, 0.3) is 11.0 Å². The van der Waals surface area contributed by atoms with Gasteiger partial charge in [0.2, 0.25) is 0 Å². The van der Waals surface area contributed by atoms with Gasteiger partial charge >= 0.3 is 5.97 Å². The van der Waals surface area contributed by atoms with Crippen molar-refractivity contribution in [3.8, 4) is 0 Å². The molecule has 0 saturated heterocycles. The SMILES string of the molecule is Cc1ccc2c(Nc3ccc(Cl)c(F)c3)c(C(=O)OC(C)C)cnc2n1. The number of pyridine rings is 2. The van der Waals surface area contributed by atoms with E-state index in [1.165, 1.54) is 18.3 Å². The van der Waals surface area contributed by atoms with Gasteiger partial charge in [-0.05, 0) is 51.1 Å². The van der Waals surface area contributed by atoms with E-state index in [0.29, 0.717) is 22.4 Å². The second-order valence-electron chi connectivity index (χ2n) is 6.08. The molecular formula is C19H17ClFN3O2. The van der Waals surface area contributed by atoms with Crippen LogP contribution in [0.3, 0.4) is 0 Å². The van der Waals surface area contributed by atoms with Crippen molar-refractivity contribution >= 4 is 40.0 Å². The summed E-state index contributed by atoms with van der Waals surface area (Å²) in [6.07, 6.45) is 1.13. The van der Waals surface area contributed by atoms with Crippen LogP contribution in [0.5, 0.6) is 0 Å². The van der Waals surface area contributed by atoms with E-state index in [0.717, 1.165) is 5.69 Å². The van der Waals surface area contributed by atoms with Gasteiger partial charge in [-0.3, -0.25) is 0 Å². The molecule has 0 atom stereocenters. The lowest BCUT2D eigenvalue weighted by Crippen LogP contribution is -2.14. The van der Waals surface area contributed by atoms with Crippen molar-refractivity contribution in [2.45, 2.75) is 26.9 Å². The smallest absolute Gasteiger partial charge is 0.342 e. The summed E-state index contributed by atoms with van der Waals surface area (Å²) >= 11 is 5.74. The molecule has 0 fully saturated rings. The van der Waals surface area contributed by atoms with E-state index < -0.39 is 11.8 Å². The second-order valence-corrected chi connectivity index (χ2v) is 6.49. The maximum Gasteiger partial charge on any atom is 0.342 e. The highest BCUT2D eigenvalue weighted by molar-refractivity contribution is 6.30. The number of halogens is 2. The Morgan fingerprint density at radius 1 is 1.27 bits per heavy atom. The lowest BCUT2D eigenvalue weighted by molar-refractivity contribution is 0.0379. The Morgan fingerprint density at radius 2 is 2.04 bits per heavy atom. The number of fused-ring (bicyclic) bond motifs is 1. The largest absolute Gasteiger partial charge is 0.459 e. The third-order valence-electron chi connectivity index (χ3n) is 3.62. The third-order valence-corrected chi connectivity index (χ3v) is 3.93. The van der Waals surface area contributed by atoms with Crippen LogP contribution in [0.1, 0.15) is 29.9 Å². The summed E-state index contributed by atoms with van der Waals surface area (Å²) < 4.78 is 19.1. The lowest BCUT2D eigenvalue weighted by atomic mass is 10.1. The minimum atomic E-state index is -0.560. The van der Waals surface area contributed by atoms with E-state index in [-0.39, 0.29) is 16.7 Å². The summed E-state index contributed by atoms with van der Waals surface area (Å²) in [5.74, 6) is -1.08. The number of rotatable bonds is 4. The number of hydrogen-bond donors (Lipinski definition) is 1. The zero-order valence-corrected chi connectivity index (χ0v) is 15.3. The van der Waals surface area contributed by atoms with E-state index in [1.54, 1.807) is 19.9 Å². The van der Waals surface area contributed by atoms with Crippen LogP contribution >= 0.6 is 11.6 Å². The molecule has 1 aromatic carbocycles. The number of esters is 1. The van der Waals surface area contributed by atoms with Crippen LogP contribution in [0.2, 0.25) is 5.02 Å². The molecular weight excluding hydrogens is 357 g/mol. The van der Waals surface area contributed by atoms with E-state index in [1.807, 2.05) is 19.1 Å². The average molecular weight is 374 g/mol. The highest BCUT2D eigenvalue weighted by atomic mass is 35.5. The molecule has 0 bridgehead atoms. The Hall–Kier alpha value is -2.73. The number of nitrogens with one attached hydrogen (secondary N) is 1. The number of ether oxygens (including phenoxy) is 1. The number of nitrogens with zero attached hydrogens (tertiary/aromatic N) is 2. The zero-order valence-electron chi connectivity index (χ0n) is 14.5. The van der Waals surface area contributed by atoms with Crippen LogP contribution in [0, 0.1) is 12.7 Å². The van der Waals surface area contributed by atoms with E-state index >= 15 is 0 Å². The third kappa shape index (κ3) is 3.75. The first-order valence-corrected chi connectivity index (χ1v) is 8.42. The van der Waals surface area contributed by atoms with Crippen molar-refractivity contribution < 1.29 is 13.9 Å². The fraction of sp³-hybridized carbons (Fsp3) is 0.211. The standard InChI is InChI=1S/C19H17ClFN3O2/c1-10(2)26-19(25)14-9-22-18-13(6-4-11(3)23-18)17(14)24-12-5-7-15(20)16(21)8-12/h4-10H,1-3H3,(H,22,23,24). The summed E-state index contributed by atoms with van der Waals surface area (Å²) in [7, 11) is 0. The Bertz CT molecular complexity index is 992. The summed E-state index contributed by atoms with van der Waals surface area (Å²) in [5.41, 5.74) is 2.41. The molecule has 3 aromatic rings. The molecule has 3 rings (SSSR count). The van der Waals surface area contributed by atoms with E-state index in [2.05, 4.69) is 15.3 Å². The summed E-state index contributed by atoms with van der Waals surface area (Å²) in [5, 5.41) is 3.73. The number of hydrogen-bond acceptors (Lipinski definition) is 5. The van der Waals surface area contributed by atoms with Crippen LogP contribution in [0.4, 0.5) is 15.8 Å². The van der Waals surface area contributed by atoms with Gasteiger partial charge in [0.05, 0.1) is 16.8 Å². The van der Waals surface area contributed by atoms with Crippen LogP contribution < -0.4 is 5.32 Å². The first-order valence-electron chi connectivity index (χ1n) is 8.04. The molecule has 0 aliphatic rings. The summed E-state index contributed by atoms with van der Waals surface area (Å²) in [6.45, 7) is 5.38. The quantitative estimate of drug-likeness (QED) is 0.649. The number of carbonyl (C=O) groups excluding carboxylic acids is 1. The summed E-state index contributed by atoms with van der Waals surface area (Å²) in [4.78, 5) is 21.1. The molecule has 0 spiro atoms. The average Bonchev–Trinajstić information content (AvgIpc) is 2.57. The number of aryl methyl sites for hydroxylation is 1. The van der Waals surface area contributed by atoms with Gasteiger partial charge in [-0.2, -0.15) is 0 Å². The van der Waals surface area contributed by atoms with Crippen molar-refractivity contribution in [2.75, 3.05) is 5.32 Å². The fourth-order valence-corrected chi connectivity index (χ4v) is 2.57. The van der Waals surface area contributed by atoms with Gasteiger partial charge in [0, 0.05) is 23.0 Å². The van der Waals surface area contributed by atoms with Crippen molar-refractivity contribution in [3.05, 3.63) is 58.6 Å². The first kappa shape index (κ1) is 18.1. The number of aromatic nitrogens is 2. The molecule has 0 aliphatic carbocycles. The van der Waals surface area contributed by atoms with Gasteiger partial charge in [-0.15, -0.1) is 0 Å². The molecule has 2 aromatic heterocycles. The van der Waals surface area contributed by atoms with Gasteiger partial charge < -0.3 is 10.1 Å². The molecule has 5 nitrogen and oxygen atoms in total. The van der Waals surface area contributed by atoms with Crippen molar-refractivity contribution in [1.29, 1.82) is 0 Å². The van der Waals surface area contributed by atoms with Gasteiger partial charge in [0.1, 0.15) is 11.4 Å². The normalized spacial score (nSPS) is 11.0. The number of carbonyl (C=O) groups is 1. The minimum absolute atomic E-state index is 0.0202. The van der Waals surface area contributed by atoms with Gasteiger partial charge in [0.25, 0.3) is 0 Å².